The second-order valence-electron chi connectivity index (χ2n) is 12.0. The molecule has 3 heterocycles. The number of rotatable bonds is 9. The van der Waals surface area contributed by atoms with Crippen LogP contribution in [0.1, 0.15) is 75.2 Å². The van der Waals surface area contributed by atoms with Gasteiger partial charge in [0.05, 0.1) is 22.8 Å². The highest BCUT2D eigenvalue weighted by atomic mass is 32.2. The highest BCUT2D eigenvalue weighted by Crippen LogP contribution is 2.37. The smallest absolute Gasteiger partial charge is 0.412 e. The van der Waals surface area contributed by atoms with E-state index in [0.29, 0.717) is 28.4 Å². The second-order valence-corrected chi connectivity index (χ2v) is 13.1. The van der Waals surface area contributed by atoms with Crippen LogP contribution in [0.25, 0.3) is 11.0 Å². The molecule has 2 amide bonds. The van der Waals surface area contributed by atoms with Crippen LogP contribution in [0.5, 0.6) is 0 Å². The van der Waals surface area contributed by atoms with Gasteiger partial charge in [0.25, 0.3) is 5.91 Å². The van der Waals surface area contributed by atoms with E-state index in [0.717, 1.165) is 26.6 Å². The molecule has 0 radical (unpaired) electrons. The van der Waals surface area contributed by atoms with Gasteiger partial charge in [-0.15, -0.1) is 0 Å². The van der Waals surface area contributed by atoms with Gasteiger partial charge in [-0.25, -0.2) is 19.7 Å². The lowest BCUT2D eigenvalue weighted by Gasteiger charge is -2.19. The lowest BCUT2D eigenvalue weighted by Crippen LogP contribution is -2.27. The molecule has 10 nitrogen and oxygen atoms in total. The molecular weight excluding hydrogens is 598 g/mol. The third kappa shape index (κ3) is 8.36. The van der Waals surface area contributed by atoms with Crippen LogP contribution in [0, 0.1) is 0 Å². The zero-order valence-electron chi connectivity index (χ0n) is 26.7. The Morgan fingerprint density at radius 1 is 0.870 bits per heavy atom. The molecule has 1 atom stereocenters. The first-order valence-corrected chi connectivity index (χ1v) is 15.8. The third-order valence-electron chi connectivity index (χ3n) is 6.81. The van der Waals surface area contributed by atoms with Gasteiger partial charge in [0, 0.05) is 32.9 Å². The van der Waals surface area contributed by atoms with Crippen LogP contribution in [0.3, 0.4) is 0 Å². The fraction of sp³-hybridized carbons (Fsp3) is 0.257. The Kier molecular flexibility index (Phi) is 9.81. The lowest BCUT2D eigenvalue weighted by molar-refractivity contribution is 0.0635. The standard InChI is InChI=1S/C35H37N7O3S/c1-21(2)27-16-15-26-31(41-27)37-20-38-32(26)42-29-19-23(33(43)39-22(3)28-9-7-8-18-36-28)10-17-30(29)46-25-13-11-24(12-14-25)40-34(44)45-35(4,5)6/h7-22H,1-6H3,(H,39,43)(H,40,44)(H,37,38,41,42). The fourth-order valence-electron chi connectivity index (χ4n) is 4.50. The summed E-state index contributed by atoms with van der Waals surface area (Å²) in [7, 11) is 0. The quantitative estimate of drug-likeness (QED) is 0.146. The first-order chi connectivity index (χ1) is 21.9. The van der Waals surface area contributed by atoms with Gasteiger partial charge in [0.1, 0.15) is 17.7 Å². The van der Waals surface area contributed by atoms with E-state index in [2.05, 4.69) is 44.7 Å². The van der Waals surface area contributed by atoms with Crippen molar-refractivity contribution in [1.82, 2.24) is 25.3 Å². The number of carbonyl (C=O) groups excluding carboxylic acids is 2. The molecule has 0 saturated carbocycles. The highest BCUT2D eigenvalue weighted by molar-refractivity contribution is 7.99. The van der Waals surface area contributed by atoms with Crippen molar-refractivity contribution in [3.05, 3.63) is 102 Å². The van der Waals surface area contributed by atoms with Crippen molar-refractivity contribution < 1.29 is 14.3 Å². The van der Waals surface area contributed by atoms with E-state index in [9.17, 15) is 9.59 Å². The molecule has 236 valence electrons. The molecule has 0 aliphatic carbocycles. The molecule has 3 N–H and O–H groups in total. The molecule has 0 bridgehead atoms. The van der Waals surface area contributed by atoms with Gasteiger partial charge in [-0.05, 0) is 100 Å². The van der Waals surface area contributed by atoms with Crippen LogP contribution in [0.15, 0.2) is 95.1 Å². The van der Waals surface area contributed by atoms with Crippen LogP contribution < -0.4 is 16.0 Å². The number of hydrogen-bond donors (Lipinski definition) is 3. The van der Waals surface area contributed by atoms with Gasteiger partial charge < -0.3 is 15.4 Å². The topological polar surface area (TPSA) is 131 Å². The highest BCUT2D eigenvalue weighted by Gasteiger charge is 2.18. The Labute approximate surface area is 272 Å². The van der Waals surface area contributed by atoms with E-state index < -0.39 is 11.7 Å². The Bertz CT molecular complexity index is 1840. The van der Waals surface area contributed by atoms with Gasteiger partial charge in [-0.3, -0.25) is 15.1 Å². The van der Waals surface area contributed by atoms with E-state index in [1.165, 1.54) is 18.1 Å². The Morgan fingerprint density at radius 2 is 1.65 bits per heavy atom. The molecule has 0 spiro atoms. The predicted molar refractivity (Wildman–Crippen MR) is 182 cm³/mol. The van der Waals surface area contributed by atoms with Gasteiger partial charge >= 0.3 is 6.09 Å². The molecule has 46 heavy (non-hydrogen) atoms. The summed E-state index contributed by atoms with van der Waals surface area (Å²) < 4.78 is 5.35. The second kappa shape index (κ2) is 13.9. The summed E-state index contributed by atoms with van der Waals surface area (Å²) in [6.07, 6.45) is 2.67. The number of aromatic nitrogens is 4. The molecule has 0 saturated heterocycles. The van der Waals surface area contributed by atoms with Crippen molar-refractivity contribution in [2.45, 2.75) is 68.9 Å². The maximum atomic E-state index is 13.4. The zero-order chi connectivity index (χ0) is 32.8. The van der Waals surface area contributed by atoms with Crippen LogP contribution in [0.4, 0.5) is 22.0 Å². The van der Waals surface area contributed by atoms with E-state index in [-0.39, 0.29) is 17.9 Å². The number of carbonyl (C=O) groups is 2. The molecule has 0 aliphatic rings. The van der Waals surface area contributed by atoms with E-state index in [1.807, 2.05) is 94.4 Å². The number of pyridine rings is 2. The summed E-state index contributed by atoms with van der Waals surface area (Å²) in [5.74, 6) is 0.602. The molecule has 3 aromatic heterocycles. The summed E-state index contributed by atoms with van der Waals surface area (Å²) in [5, 5.41) is 10.0. The van der Waals surface area contributed by atoms with Crippen molar-refractivity contribution in [2.75, 3.05) is 10.6 Å². The number of hydrogen-bond acceptors (Lipinski definition) is 9. The van der Waals surface area contributed by atoms with E-state index >= 15 is 0 Å². The van der Waals surface area contributed by atoms with Crippen molar-refractivity contribution in [2.24, 2.45) is 0 Å². The first-order valence-electron chi connectivity index (χ1n) is 15.0. The summed E-state index contributed by atoms with van der Waals surface area (Å²) in [4.78, 5) is 45.4. The van der Waals surface area contributed by atoms with Gasteiger partial charge in [0.2, 0.25) is 0 Å². The number of anilines is 3. The van der Waals surface area contributed by atoms with Crippen molar-refractivity contribution in [3.8, 4) is 0 Å². The SMILES string of the molecule is CC(C)c1ccc2c(Nc3cc(C(=O)NC(C)c4ccccn4)ccc3Sc3ccc(NC(=O)OC(C)(C)C)cc3)ncnc2n1. The molecule has 0 fully saturated rings. The number of fused-ring (bicyclic) bond motifs is 1. The minimum absolute atomic E-state index is 0.230. The number of amides is 2. The van der Waals surface area contributed by atoms with Gasteiger partial charge in [-0.1, -0.05) is 31.7 Å². The molecule has 2 aromatic carbocycles. The minimum atomic E-state index is -0.593. The largest absolute Gasteiger partial charge is 0.444 e. The van der Waals surface area contributed by atoms with E-state index in [4.69, 9.17) is 9.72 Å². The summed E-state index contributed by atoms with van der Waals surface area (Å²) in [5.41, 5.74) is 3.49. The van der Waals surface area contributed by atoms with Gasteiger partial charge in [0.15, 0.2) is 5.65 Å². The maximum absolute atomic E-state index is 13.4. The molecular formula is C35H37N7O3S. The van der Waals surface area contributed by atoms with Crippen LogP contribution in [-0.2, 0) is 4.74 Å². The zero-order valence-corrected chi connectivity index (χ0v) is 27.5. The molecule has 5 rings (SSSR count). The number of benzene rings is 2. The van der Waals surface area contributed by atoms with Crippen LogP contribution >= 0.6 is 11.8 Å². The van der Waals surface area contributed by atoms with Crippen LogP contribution in [-0.4, -0.2) is 37.5 Å². The fourth-order valence-corrected chi connectivity index (χ4v) is 5.39. The molecule has 1 unspecified atom stereocenters. The Hall–Kier alpha value is -5.03. The van der Waals surface area contributed by atoms with E-state index in [1.54, 1.807) is 12.3 Å². The van der Waals surface area contributed by atoms with Gasteiger partial charge in [-0.2, -0.15) is 0 Å². The Balaban J connectivity index is 1.43. The number of nitrogens with one attached hydrogen (secondary N) is 3. The minimum Gasteiger partial charge on any atom is -0.444 e. The third-order valence-corrected chi connectivity index (χ3v) is 7.90. The average Bonchev–Trinajstić information content (AvgIpc) is 3.02. The van der Waals surface area contributed by atoms with Crippen LogP contribution in [0.2, 0.25) is 0 Å². The first kappa shape index (κ1) is 32.4. The monoisotopic (exact) mass is 635 g/mol. The summed E-state index contributed by atoms with van der Waals surface area (Å²) in [6, 6.07) is 22.2. The molecule has 11 heteroatoms. The number of ether oxygens (including phenoxy) is 1. The average molecular weight is 636 g/mol. The molecule has 0 aliphatic heterocycles. The van der Waals surface area contributed by atoms with Crippen molar-refractivity contribution >= 4 is 52.0 Å². The maximum Gasteiger partial charge on any atom is 0.412 e. The predicted octanol–water partition coefficient (Wildman–Crippen LogP) is 8.28. The summed E-state index contributed by atoms with van der Waals surface area (Å²) in [6.45, 7) is 11.5. The Morgan fingerprint density at radius 3 is 2.35 bits per heavy atom. The van der Waals surface area contributed by atoms with Crippen molar-refractivity contribution in [1.29, 1.82) is 0 Å². The number of nitrogens with zero attached hydrogens (tertiary/aromatic N) is 4. The molecule has 5 aromatic rings. The summed E-state index contributed by atoms with van der Waals surface area (Å²) >= 11 is 1.51. The lowest BCUT2D eigenvalue weighted by atomic mass is 10.1. The normalized spacial score (nSPS) is 12.1. The van der Waals surface area contributed by atoms with Crippen molar-refractivity contribution in [3.63, 3.8) is 0 Å².